The Labute approximate surface area is 93.1 Å². The van der Waals surface area contributed by atoms with Crippen molar-refractivity contribution in [3.63, 3.8) is 0 Å². The normalized spacial score (nSPS) is 13.1. The van der Waals surface area contributed by atoms with Gasteiger partial charge in [-0.25, -0.2) is 4.79 Å². The van der Waals surface area contributed by atoms with E-state index in [4.69, 9.17) is 0 Å². The van der Waals surface area contributed by atoms with E-state index in [9.17, 15) is 4.79 Å². The number of carbonyl (C=O) groups excluding carboxylic acids is 1. The van der Waals surface area contributed by atoms with Crippen LogP contribution in [0.5, 0.6) is 0 Å². The molecule has 0 heterocycles. The first-order valence-electron chi connectivity index (χ1n) is 5.20. The van der Waals surface area contributed by atoms with Crippen molar-refractivity contribution in [2.75, 3.05) is 27.2 Å². The molecular weight excluding hydrogens is 190 g/mol. The van der Waals surface area contributed by atoms with Crippen molar-refractivity contribution in [1.82, 2.24) is 4.90 Å². The summed E-state index contributed by atoms with van der Waals surface area (Å²) in [5.74, 6) is -0.251. The van der Waals surface area contributed by atoms with Crippen molar-refractivity contribution < 1.29 is 9.53 Å². The van der Waals surface area contributed by atoms with Crippen LogP contribution in [0.3, 0.4) is 0 Å². The fourth-order valence-corrected chi connectivity index (χ4v) is 1.41. The van der Waals surface area contributed by atoms with E-state index in [-0.39, 0.29) is 11.4 Å². The van der Waals surface area contributed by atoms with Crippen LogP contribution in [0, 0.1) is 5.41 Å². The zero-order chi connectivity index (χ0) is 12.1. The molecule has 0 saturated carbocycles. The van der Waals surface area contributed by atoms with Crippen molar-refractivity contribution in [3.8, 4) is 0 Å². The lowest BCUT2D eigenvalue weighted by atomic mass is 9.96. The molecule has 3 heteroatoms. The van der Waals surface area contributed by atoms with E-state index < -0.39 is 0 Å². The van der Waals surface area contributed by atoms with Crippen molar-refractivity contribution in [1.29, 1.82) is 0 Å². The SMILES string of the molecule is COC(=O)C(C)=CCN(C)CC(C)(C)C. The second-order valence-corrected chi connectivity index (χ2v) is 5.14. The molecular formula is C12H23NO2. The van der Waals surface area contributed by atoms with Gasteiger partial charge in [-0.2, -0.15) is 0 Å². The van der Waals surface area contributed by atoms with Gasteiger partial charge in [0.2, 0.25) is 0 Å². The fraction of sp³-hybridized carbons (Fsp3) is 0.750. The van der Waals surface area contributed by atoms with Gasteiger partial charge >= 0.3 is 5.97 Å². The number of rotatable bonds is 4. The predicted octanol–water partition coefficient (Wildman–Crippen LogP) is 2.08. The first-order chi connectivity index (χ1) is 6.76. The predicted molar refractivity (Wildman–Crippen MR) is 62.7 cm³/mol. The van der Waals surface area contributed by atoms with Crippen LogP contribution in [0.1, 0.15) is 27.7 Å². The summed E-state index contributed by atoms with van der Waals surface area (Å²) < 4.78 is 4.62. The Kier molecular flexibility index (Phi) is 5.58. The maximum atomic E-state index is 11.1. The Morgan fingerprint density at radius 3 is 2.33 bits per heavy atom. The van der Waals surface area contributed by atoms with Gasteiger partial charge in [0.1, 0.15) is 0 Å². The van der Waals surface area contributed by atoms with E-state index >= 15 is 0 Å². The summed E-state index contributed by atoms with van der Waals surface area (Å²) in [6.07, 6.45) is 1.90. The molecule has 0 aliphatic carbocycles. The van der Waals surface area contributed by atoms with Crippen LogP contribution >= 0.6 is 0 Å². The van der Waals surface area contributed by atoms with Gasteiger partial charge in [-0.15, -0.1) is 0 Å². The van der Waals surface area contributed by atoms with Crippen molar-refractivity contribution in [2.45, 2.75) is 27.7 Å². The molecule has 15 heavy (non-hydrogen) atoms. The average molecular weight is 213 g/mol. The number of nitrogens with zero attached hydrogens (tertiary/aromatic N) is 1. The summed E-state index contributed by atoms with van der Waals surface area (Å²) in [6, 6.07) is 0. The maximum Gasteiger partial charge on any atom is 0.333 e. The number of methoxy groups -OCH3 is 1. The monoisotopic (exact) mass is 213 g/mol. The highest BCUT2D eigenvalue weighted by molar-refractivity contribution is 5.87. The van der Waals surface area contributed by atoms with Gasteiger partial charge in [0.25, 0.3) is 0 Å². The van der Waals surface area contributed by atoms with Crippen LogP contribution in [0.25, 0.3) is 0 Å². The number of hydrogen-bond donors (Lipinski definition) is 0. The molecule has 0 unspecified atom stereocenters. The first-order valence-corrected chi connectivity index (χ1v) is 5.20. The molecule has 0 aromatic rings. The van der Waals surface area contributed by atoms with Crippen LogP contribution in [-0.2, 0) is 9.53 Å². The largest absolute Gasteiger partial charge is 0.466 e. The molecule has 0 aromatic carbocycles. The minimum absolute atomic E-state index is 0.251. The Morgan fingerprint density at radius 1 is 1.40 bits per heavy atom. The van der Waals surface area contributed by atoms with Gasteiger partial charge in [0.05, 0.1) is 7.11 Å². The molecule has 0 bridgehead atoms. The third-order valence-electron chi connectivity index (χ3n) is 1.96. The third-order valence-corrected chi connectivity index (χ3v) is 1.96. The topological polar surface area (TPSA) is 29.5 Å². The molecule has 0 N–H and O–H groups in total. The standard InChI is InChI=1S/C12H23NO2/c1-10(11(14)15-6)7-8-13(5)9-12(2,3)4/h7H,8-9H2,1-6H3. The molecule has 0 rings (SSSR count). The Balaban J connectivity index is 4.09. The van der Waals surface area contributed by atoms with E-state index in [1.165, 1.54) is 7.11 Å². The fourth-order valence-electron chi connectivity index (χ4n) is 1.41. The highest BCUT2D eigenvalue weighted by Crippen LogP contribution is 2.13. The maximum absolute atomic E-state index is 11.1. The van der Waals surface area contributed by atoms with Gasteiger partial charge in [-0.3, -0.25) is 0 Å². The number of hydrogen-bond acceptors (Lipinski definition) is 3. The summed E-state index contributed by atoms with van der Waals surface area (Å²) in [5, 5.41) is 0. The molecule has 0 aromatic heterocycles. The molecule has 0 amide bonds. The van der Waals surface area contributed by atoms with Crippen molar-refractivity contribution in [2.24, 2.45) is 5.41 Å². The lowest BCUT2D eigenvalue weighted by Gasteiger charge is -2.25. The van der Waals surface area contributed by atoms with Crippen LogP contribution in [-0.4, -0.2) is 38.1 Å². The molecule has 0 radical (unpaired) electrons. The average Bonchev–Trinajstić information content (AvgIpc) is 2.10. The zero-order valence-electron chi connectivity index (χ0n) is 10.8. The smallest absolute Gasteiger partial charge is 0.333 e. The van der Waals surface area contributed by atoms with Gasteiger partial charge in [-0.1, -0.05) is 26.8 Å². The van der Waals surface area contributed by atoms with Gasteiger partial charge in [0, 0.05) is 18.7 Å². The quantitative estimate of drug-likeness (QED) is 0.529. The Bertz CT molecular complexity index is 238. The molecule has 0 atom stereocenters. The second kappa shape index (κ2) is 5.91. The summed E-state index contributed by atoms with van der Waals surface area (Å²) >= 11 is 0. The van der Waals surface area contributed by atoms with Crippen molar-refractivity contribution in [3.05, 3.63) is 11.6 Å². The minimum atomic E-state index is -0.251. The Morgan fingerprint density at radius 2 is 1.93 bits per heavy atom. The first kappa shape index (κ1) is 14.2. The number of ether oxygens (including phenoxy) is 1. The molecule has 88 valence electrons. The Hall–Kier alpha value is -0.830. The minimum Gasteiger partial charge on any atom is -0.466 e. The summed E-state index contributed by atoms with van der Waals surface area (Å²) in [5.41, 5.74) is 0.945. The van der Waals surface area contributed by atoms with Gasteiger partial charge in [0.15, 0.2) is 0 Å². The number of carbonyl (C=O) groups is 1. The summed E-state index contributed by atoms with van der Waals surface area (Å²) in [6.45, 7) is 10.1. The second-order valence-electron chi connectivity index (χ2n) is 5.14. The highest BCUT2D eigenvalue weighted by Gasteiger charge is 2.12. The zero-order valence-corrected chi connectivity index (χ0v) is 10.8. The van der Waals surface area contributed by atoms with E-state index in [1.54, 1.807) is 6.92 Å². The van der Waals surface area contributed by atoms with Gasteiger partial charge in [-0.05, 0) is 19.4 Å². The molecule has 3 nitrogen and oxygen atoms in total. The summed E-state index contributed by atoms with van der Waals surface area (Å²) in [4.78, 5) is 13.3. The molecule has 0 aliphatic heterocycles. The van der Waals surface area contributed by atoms with E-state index in [1.807, 2.05) is 13.1 Å². The number of esters is 1. The lowest BCUT2D eigenvalue weighted by Crippen LogP contribution is -2.29. The molecule has 0 spiro atoms. The van der Waals surface area contributed by atoms with Gasteiger partial charge < -0.3 is 9.64 Å². The molecule has 0 saturated heterocycles. The van der Waals surface area contributed by atoms with Crippen LogP contribution < -0.4 is 0 Å². The van der Waals surface area contributed by atoms with Crippen LogP contribution in [0.2, 0.25) is 0 Å². The highest BCUT2D eigenvalue weighted by atomic mass is 16.5. The van der Waals surface area contributed by atoms with E-state index in [0.29, 0.717) is 5.57 Å². The molecule has 0 aliphatic rings. The van der Waals surface area contributed by atoms with E-state index in [2.05, 4.69) is 30.4 Å². The van der Waals surface area contributed by atoms with Crippen LogP contribution in [0.15, 0.2) is 11.6 Å². The number of likely N-dealkylation sites (N-methyl/N-ethyl adjacent to an activating group) is 1. The van der Waals surface area contributed by atoms with Crippen molar-refractivity contribution >= 4 is 5.97 Å². The third kappa shape index (κ3) is 7.14. The van der Waals surface area contributed by atoms with Crippen LogP contribution in [0.4, 0.5) is 0 Å². The lowest BCUT2D eigenvalue weighted by molar-refractivity contribution is -0.136. The summed E-state index contributed by atoms with van der Waals surface area (Å²) in [7, 11) is 3.45. The van der Waals surface area contributed by atoms with E-state index in [0.717, 1.165) is 13.1 Å². The molecule has 0 fully saturated rings.